The molecule has 7 nitrogen and oxygen atoms in total. The zero-order valence-corrected chi connectivity index (χ0v) is 9.07. The molecular formula is C11H8N4O3. The number of rotatable bonds is 1. The van der Waals surface area contributed by atoms with E-state index in [1.54, 1.807) is 0 Å². The van der Waals surface area contributed by atoms with E-state index in [9.17, 15) is 14.8 Å². The number of aromatic amines is 1. The molecule has 3 rings (SSSR count). The van der Waals surface area contributed by atoms with Crippen LogP contribution >= 0.6 is 0 Å². The topological polar surface area (TPSA) is 92.9 Å². The van der Waals surface area contributed by atoms with Crippen LogP contribution in [0, 0.1) is 0 Å². The SMILES string of the molecule is O=c1[nH]c2cn(-c3ccccc3)nc2c(=O)n1O. The van der Waals surface area contributed by atoms with Gasteiger partial charge < -0.3 is 10.2 Å². The summed E-state index contributed by atoms with van der Waals surface area (Å²) in [6.07, 6.45) is 1.52. The molecule has 0 amide bonds. The minimum Gasteiger partial charge on any atom is -0.421 e. The van der Waals surface area contributed by atoms with Gasteiger partial charge in [0.15, 0.2) is 5.52 Å². The molecule has 2 heterocycles. The van der Waals surface area contributed by atoms with E-state index >= 15 is 0 Å². The highest BCUT2D eigenvalue weighted by atomic mass is 16.5. The van der Waals surface area contributed by atoms with Crippen molar-refractivity contribution in [2.24, 2.45) is 0 Å². The normalized spacial score (nSPS) is 10.9. The molecule has 0 bridgehead atoms. The molecule has 1 aromatic carbocycles. The van der Waals surface area contributed by atoms with Crippen LogP contribution in [0.3, 0.4) is 0 Å². The van der Waals surface area contributed by atoms with Gasteiger partial charge in [0.2, 0.25) is 0 Å². The van der Waals surface area contributed by atoms with Gasteiger partial charge in [-0.05, 0) is 12.1 Å². The van der Waals surface area contributed by atoms with E-state index in [0.29, 0.717) is 0 Å². The lowest BCUT2D eigenvalue weighted by molar-refractivity contribution is 0.162. The maximum Gasteiger partial charge on any atom is 0.362 e. The van der Waals surface area contributed by atoms with Crippen molar-refractivity contribution < 1.29 is 5.21 Å². The average Bonchev–Trinajstić information content (AvgIpc) is 2.81. The Bertz CT molecular complexity index is 829. The first-order valence-electron chi connectivity index (χ1n) is 5.16. The zero-order valence-electron chi connectivity index (χ0n) is 9.07. The summed E-state index contributed by atoms with van der Waals surface area (Å²) in [6, 6.07) is 9.13. The number of nitrogens with zero attached hydrogens (tertiary/aromatic N) is 3. The van der Waals surface area contributed by atoms with Crippen LogP contribution in [0.5, 0.6) is 0 Å². The number of aromatic nitrogens is 4. The predicted molar refractivity (Wildman–Crippen MR) is 63.1 cm³/mol. The summed E-state index contributed by atoms with van der Waals surface area (Å²) >= 11 is 0. The van der Waals surface area contributed by atoms with Crippen molar-refractivity contribution in [3.05, 3.63) is 57.4 Å². The first-order valence-corrected chi connectivity index (χ1v) is 5.16. The van der Waals surface area contributed by atoms with Crippen LogP contribution in [0.2, 0.25) is 0 Å². The standard InChI is InChI=1S/C11H8N4O3/c16-10-9-8(12-11(17)15(10)18)6-14(13-9)7-4-2-1-3-5-7/h1-6,18H,(H,12,17). The van der Waals surface area contributed by atoms with Crippen molar-refractivity contribution in [2.45, 2.75) is 0 Å². The van der Waals surface area contributed by atoms with E-state index in [-0.39, 0.29) is 15.8 Å². The van der Waals surface area contributed by atoms with Crippen LogP contribution in [-0.4, -0.2) is 24.7 Å². The molecule has 0 aliphatic carbocycles. The van der Waals surface area contributed by atoms with Crippen LogP contribution in [-0.2, 0) is 0 Å². The highest BCUT2D eigenvalue weighted by Gasteiger charge is 2.11. The van der Waals surface area contributed by atoms with E-state index in [4.69, 9.17) is 0 Å². The van der Waals surface area contributed by atoms with Gasteiger partial charge in [-0.2, -0.15) is 5.10 Å². The number of benzene rings is 1. The molecule has 90 valence electrons. The minimum atomic E-state index is -0.889. The molecule has 0 atom stereocenters. The smallest absolute Gasteiger partial charge is 0.362 e. The fourth-order valence-electron chi connectivity index (χ4n) is 1.70. The van der Waals surface area contributed by atoms with Gasteiger partial charge in [-0.3, -0.25) is 4.79 Å². The molecule has 0 aliphatic rings. The van der Waals surface area contributed by atoms with Gasteiger partial charge in [0.25, 0.3) is 0 Å². The van der Waals surface area contributed by atoms with Gasteiger partial charge in [-0.25, -0.2) is 9.48 Å². The molecule has 0 radical (unpaired) electrons. The van der Waals surface area contributed by atoms with E-state index in [1.165, 1.54) is 10.9 Å². The van der Waals surface area contributed by atoms with Crippen molar-refractivity contribution in [3.8, 4) is 5.69 Å². The van der Waals surface area contributed by atoms with E-state index < -0.39 is 11.2 Å². The maximum atomic E-state index is 11.6. The second kappa shape index (κ2) is 3.59. The van der Waals surface area contributed by atoms with E-state index in [0.717, 1.165) is 5.69 Å². The van der Waals surface area contributed by atoms with Gasteiger partial charge >= 0.3 is 11.2 Å². The van der Waals surface area contributed by atoms with Crippen LogP contribution in [0.1, 0.15) is 0 Å². The lowest BCUT2D eigenvalue weighted by atomic mass is 10.3. The number of hydrogen-bond acceptors (Lipinski definition) is 4. The Hall–Kier alpha value is -2.83. The summed E-state index contributed by atoms with van der Waals surface area (Å²) in [5, 5.41) is 13.2. The predicted octanol–water partition coefficient (Wildman–Crippen LogP) is 0.113. The number of fused-ring (bicyclic) bond motifs is 1. The molecule has 7 heteroatoms. The molecule has 0 spiro atoms. The Balaban J connectivity index is 2.34. The Morgan fingerprint density at radius 3 is 2.61 bits per heavy atom. The lowest BCUT2D eigenvalue weighted by Crippen LogP contribution is -2.33. The molecule has 2 aromatic heterocycles. The van der Waals surface area contributed by atoms with Crippen LogP contribution < -0.4 is 11.2 Å². The highest BCUT2D eigenvalue weighted by Crippen LogP contribution is 2.09. The summed E-state index contributed by atoms with van der Waals surface area (Å²) in [6.45, 7) is 0. The van der Waals surface area contributed by atoms with Gasteiger partial charge in [-0.15, -0.1) is 0 Å². The molecule has 0 saturated carbocycles. The quantitative estimate of drug-likeness (QED) is 0.594. The van der Waals surface area contributed by atoms with Gasteiger partial charge in [-0.1, -0.05) is 22.9 Å². The summed E-state index contributed by atoms with van der Waals surface area (Å²) in [5.41, 5.74) is -0.706. The molecular weight excluding hydrogens is 236 g/mol. The van der Waals surface area contributed by atoms with E-state index in [2.05, 4.69) is 10.1 Å². The summed E-state index contributed by atoms with van der Waals surface area (Å²) in [5.74, 6) is 0. The molecule has 18 heavy (non-hydrogen) atoms. The minimum absolute atomic E-state index is 0.000882. The Morgan fingerprint density at radius 2 is 1.89 bits per heavy atom. The highest BCUT2D eigenvalue weighted by molar-refractivity contribution is 5.72. The fraction of sp³-hybridized carbons (Fsp3) is 0. The van der Waals surface area contributed by atoms with E-state index in [1.807, 2.05) is 30.3 Å². The first-order chi connectivity index (χ1) is 8.66. The van der Waals surface area contributed by atoms with Gasteiger partial charge in [0, 0.05) is 0 Å². The molecule has 3 aromatic rings. The molecule has 2 N–H and O–H groups in total. The van der Waals surface area contributed by atoms with Crippen molar-refractivity contribution in [1.29, 1.82) is 0 Å². The lowest BCUT2D eigenvalue weighted by Gasteiger charge is -1.97. The van der Waals surface area contributed by atoms with Crippen molar-refractivity contribution in [1.82, 2.24) is 19.5 Å². The maximum absolute atomic E-state index is 11.6. The van der Waals surface area contributed by atoms with Gasteiger partial charge in [0.1, 0.15) is 0 Å². The number of para-hydroxylation sites is 1. The average molecular weight is 244 g/mol. The van der Waals surface area contributed by atoms with Crippen molar-refractivity contribution >= 4 is 11.0 Å². The number of H-pyrrole nitrogens is 1. The second-order valence-electron chi connectivity index (χ2n) is 3.72. The number of nitrogens with one attached hydrogen (secondary N) is 1. The molecule has 0 unspecified atom stereocenters. The Morgan fingerprint density at radius 1 is 1.17 bits per heavy atom. The fourth-order valence-corrected chi connectivity index (χ4v) is 1.70. The van der Waals surface area contributed by atoms with Crippen molar-refractivity contribution in [3.63, 3.8) is 0 Å². The zero-order chi connectivity index (χ0) is 12.7. The van der Waals surface area contributed by atoms with Crippen LogP contribution in [0.4, 0.5) is 0 Å². The number of hydrogen-bond donors (Lipinski definition) is 2. The van der Waals surface area contributed by atoms with Crippen LogP contribution in [0.15, 0.2) is 46.1 Å². The Labute approximate surface area is 99.5 Å². The van der Waals surface area contributed by atoms with Crippen LogP contribution in [0.25, 0.3) is 16.7 Å². The summed E-state index contributed by atoms with van der Waals surface area (Å²) in [4.78, 5) is 25.2. The first kappa shape index (κ1) is 10.3. The van der Waals surface area contributed by atoms with Gasteiger partial charge in [0.05, 0.1) is 17.4 Å². The summed E-state index contributed by atoms with van der Waals surface area (Å²) < 4.78 is 1.46. The molecule has 0 aliphatic heterocycles. The summed E-state index contributed by atoms with van der Waals surface area (Å²) in [7, 11) is 0. The monoisotopic (exact) mass is 244 g/mol. The third-order valence-electron chi connectivity index (χ3n) is 2.56. The van der Waals surface area contributed by atoms with Crippen molar-refractivity contribution in [2.75, 3.05) is 0 Å². The Kier molecular flexibility index (Phi) is 2.06. The largest absolute Gasteiger partial charge is 0.421 e. The second-order valence-corrected chi connectivity index (χ2v) is 3.72. The third-order valence-corrected chi connectivity index (χ3v) is 2.56. The molecule has 0 saturated heterocycles. The molecule has 0 fully saturated rings. The third kappa shape index (κ3) is 1.41.